The summed E-state index contributed by atoms with van der Waals surface area (Å²) < 4.78 is 0. The van der Waals surface area contributed by atoms with Crippen LogP contribution in [0.4, 0.5) is 0 Å². The molecule has 0 nitrogen and oxygen atoms in total. The van der Waals surface area contributed by atoms with E-state index in [1.165, 1.54) is 106 Å². The van der Waals surface area contributed by atoms with Crippen LogP contribution >= 0.6 is 0 Å². The third-order valence-electron chi connectivity index (χ3n) is 9.51. The van der Waals surface area contributed by atoms with E-state index in [-0.39, 0.29) is 25.7 Å². The number of fused-ring (bicyclic) bond motifs is 2. The Kier molecular flexibility index (Phi) is 14.2. The Morgan fingerprint density at radius 3 is 1.51 bits per heavy atom. The number of rotatable bonds is 3. The Morgan fingerprint density at radius 2 is 1.00 bits per heavy atom. The third kappa shape index (κ3) is 9.65. The van der Waals surface area contributed by atoms with Gasteiger partial charge >= 0.3 is 30.2 Å². The fourth-order valence-electron chi connectivity index (χ4n) is 6.54. The standard InChI is InChI=1S/C26H25.C21H23.2CH3.Si.Zr/c1-18-8-10-19(11-9-18)22-16-21-6-5-7-24(25(21)17-22)20-12-14-23(15-13-20)26(2,3)4;1-14-12-19-15(2)6-11-18(20(19)13-14)16-7-9-17(10-8-16)21(3,4)5;;;;/h5-17H,1-4H3;6-13H,1-5H3;2*1H3;;/q4*-1;;. The molecule has 2 heteroatoms. The molecule has 262 valence electrons. The van der Waals surface area contributed by atoms with E-state index in [0.29, 0.717) is 0 Å². The van der Waals surface area contributed by atoms with Crippen LogP contribution in [0.15, 0.2) is 127 Å². The zero-order valence-electron chi connectivity index (χ0n) is 32.6. The average Bonchev–Trinajstić information content (AvgIpc) is 3.70. The van der Waals surface area contributed by atoms with Gasteiger partial charge in [0, 0.05) is 0 Å². The number of benzene rings is 5. The van der Waals surface area contributed by atoms with Crippen LogP contribution in [0, 0.1) is 35.6 Å². The van der Waals surface area contributed by atoms with Gasteiger partial charge < -0.3 is 14.9 Å². The molecule has 0 aliphatic carbocycles. The zero-order valence-corrected chi connectivity index (χ0v) is 36.1. The summed E-state index contributed by atoms with van der Waals surface area (Å²) in [5, 5.41) is 5.38. The van der Waals surface area contributed by atoms with Crippen LogP contribution < -0.4 is 0 Å². The molecule has 2 radical (unpaired) electrons. The molecule has 0 N–H and O–H groups in total. The van der Waals surface area contributed by atoms with Crippen LogP contribution in [-0.2, 0) is 34.2 Å². The Morgan fingerprint density at radius 1 is 0.510 bits per heavy atom. The second-order valence-electron chi connectivity index (χ2n) is 15.4. The number of hydrogen-bond acceptors (Lipinski definition) is 0. The minimum atomic E-state index is 0. The molecule has 0 bridgehead atoms. The fraction of sp³-hybridized carbons (Fsp3) is 0.224. The van der Waals surface area contributed by atoms with Gasteiger partial charge in [-0.1, -0.05) is 169 Å². The summed E-state index contributed by atoms with van der Waals surface area (Å²) in [6, 6.07) is 47.2. The van der Waals surface area contributed by atoms with Crippen LogP contribution in [-0.4, -0.2) is 6.88 Å². The van der Waals surface area contributed by atoms with E-state index >= 15 is 0 Å². The second-order valence-corrected chi connectivity index (χ2v) is 15.4. The van der Waals surface area contributed by atoms with Crippen LogP contribution in [0.5, 0.6) is 0 Å². The second kappa shape index (κ2) is 17.3. The van der Waals surface area contributed by atoms with Gasteiger partial charge in [0.2, 0.25) is 0 Å². The van der Waals surface area contributed by atoms with Crippen molar-refractivity contribution >= 4 is 28.4 Å². The van der Waals surface area contributed by atoms with Crippen molar-refractivity contribution in [3.05, 3.63) is 170 Å². The normalized spacial score (nSPS) is 11.1. The molecule has 0 aromatic heterocycles. The van der Waals surface area contributed by atoms with E-state index in [0.717, 1.165) is 0 Å². The first-order valence-corrected chi connectivity index (χ1v) is 21.4. The van der Waals surface area contributed by atoms with Gasteiger partial charge in [-0.25, -0.2) is 0 Å². The average molecular weight is 762 g/mol. The van der Waals surface area contributed by atoms with Crippen LogP contribution in [0.1, 0.15) is 69.4 Å². The molecule has 0 aliphatic rings. The Hall–Kier alpha value is -3.58. The van der Waals surface area contributed by atoms with Crippen LogP contribution in [0.3, 0.4) is 0 Å². The predicted octanol–water partition coefficient (Wildman–Crippen LogP) is 14.2. The van der Waals surface area contributed by atoms with Crippen molar-refractivity contribution in [2.75, 3.05) is 0 Å². The van der Waals surface area contributed by atoms with E-state index in [1.807, 2.05) is 0 Å². The molecule has 0 unspecified atom stereocenters. The van der Waals surface area contributed by atoms with Gasteiger partial charge in [-0.2, -0.15) is 6.07 Å². The van der Waals surface area contributed by atoms with Gasteiger partial charge in [0.05, 0.1) is 0 Å². The van der Waals surface area contributed by atoms with Crippen molar-refractivity contribution in [1.82, 2.24) is 0 Å². The Bertz CT molecular complexity index is 2160. The van der Waals surface area contributed by atoms with Crippen LogP contribution in [0.2, 0.25) is 0 Å². The van der Waals surface area contributed by atoms with Crippen molar-refractivity contribution in [2.24, 2.45) is 0 Å². The molecule has 7 aromatic carbocycles. The van der Waals surface area contributed by atoms with E-state index in [4.69, 9.17) is 0 Å². The summed E-state index contributed by atoms with van der Waals surface area (Å²) in [6.07, 6.45) is 0. The molecule has 0 saturated heterocycles. The number of aryl methyl sites for hydroxylation is 3. The summed E-state index contributed by atoms with van der Waals surface area (Å²) in [7, 11) is 0. The summed E-state index contributed by atoms with van der Waals surface area (Å²) >= 11 is 1.36. The van der Waals surface area contributed by atoms with Crippen molar-refractivity contribution in [3.8, 4) is 33.4 Å². The summed E-state index contributed by atoms with van der Waals surface area (Å²) in [5.41, 5.74) is 14.9. The molecule has 0 heterocycles. The van der Waals surface area contributed by atoms with Gasteiger partial charge in [-0.15, -0.1) is 68.6 Å². The van der Waals surface area contributed by atoms with Crippen molar-refractivity contribution in [3.63, 3.8) is 0 Å². The molecule has 0 atom stereocenters. The first-order valence-electron chi connectivity index (χ1n) is 17.2. The maximum atomic E-state index is 3.06. The Labute approximate surface area is 326 Å². The third-order valence-corrected chi connectivity index (χ3v) is 9.51. The molecule has 7 rings (SSSR count). The molecule has 0 saturated carbocycles. The van der Waals surface area contributed by atoms with Gasteiger partial charge in [0.15, 0.2) is 0 Å². The summed E-state index contributed by atoms with van der Waals surface area (Å²) in [4.78, 5) is 0. The molecule has 0 spiro atoms. The predicted molar refractivity (Wildman–Crippen MR) is 226 cm³/mol. The van der Waals surface area contributed by atoms with Crippen molar-refractivity contribution in [2.45, 2.75) is 73.1 Å². The molecular weight excluding hydrogens is 708 g/mol. The molecular formula is C49H54SiZr-4. The Balaban J connectivity index is 0.000000258. The topological polar surface area (TPSA) is 0 Å². The molecule has 0 amide bonds. The monoisotopic (exact) mass is 760 g/mol. The van der Waals surface area contributed by atoms with Crippen molar-refractivity contribution < 1.29 is 23.3 Å². The minimum absolute atomic E-state index is 0. The maximum absolute atomic E-state index is 3.06. The number of hydrogen-bond donors (Lipinski definition) is 0. The van der Waals surface area contributed by atoms with Gasteiger partial charge in [-0.3, -0.25) is 0 Å². The summed E-state index contributed by atoms with van der Waals surface area (Å²) in [6.45, 7) is 23.1. The van der Waals surface area contributed by atoms with E-state index in [1.54, 1.807) is 0 Å². The van der Waals surface area contributed by atoms with Gasteiger partial charge in [0.25, 0.3) is 0 Å². The fourth-order valence-corrected chi connectivity index (χ4v) is 6.54. The van der Waals surface area contributed by atoms with Crippen molar-refractivity contribution in [1.29, 1.82) is 0 Å². The molecule has 51 heavy (non-hydrogen) atoms. The zero-order chi connectivity index (χ0) is 35.5. The quantitative estimate of drug-likeness (QED) is 0.124. The van der Waals surface area contributed by atoms with Gasteiger partial charge in [-0.05, 0) is 40.0 Å². The molecule has 0 fully saturated rings. The van der Waals surface area contributed by atoms with E-state index in [9.17, 15) is 0 Å². The van der Waals surface area contributed by atoms with E-state index < -0.39 is 0 Å². The molecule has 7 aromatic rings. The van der Waals surface area contributed by atoms with E-state index in [2.05, 4.69) is 197 Å². The summed E-state index contributed by atoms with van der Waals surface area (Å²) in [5.74, 6) is 0. The molecule has 0 aliphatic heterocycles. The first kappa shape index (κ1) is 41.8. The van der Waals surface area contributed by atoms with Crippen LogP contribution in [0.25, 0.3) is 54.9 Å². The SMILES string of the molecule is Cc1cc2c(-c3ccc(C(C)(C)C)cc3)ccc(C)c2[cH-]1.Cc1ccc(-c2cc3c(-c4ccc(C(C)(C)C)cc4)cccc3[cH-]2)cc1.[CH3-].[CH3-].[Si]=[Zr]. The first-order chi connectivity index (χ1) is 23.3. The van der Waals surface area contributed by atoms with Gasteiger partial charge in [0.1, 0.15) is 0 Å².